The number of piperazine rings is 1. The first-order valence-corrected chi connectivity index (χ1v) is 11.4. The summed E-state index contributed by atoms with van der Waals surface area (Å²) < 4.78 is 0. The lowest BCUT2D eigenvalue weighted by molar-refractivity contribution is 0.0351. The number of hydrogen-bond donors (Lipinski definition) is 2. The van der Waals surface area contributed by atoms with E-state index in [9.17, 15) is 9.59 Å². The van der Waals surface area contributed by atoms with Gasteiger partial charge in [-0.2, -0.15) is 5.10 Å². The molecule has 4 heterocycles. The third-order valence-electron chi connectivity index (χ3n) is 6.70. The van der Waals surface area contributed by atoms with Crippen LogP contribution in [0, 0.1) is 0 Å². The van der Waals surface area contributed by atoms with Crippen molar-refractivity contribution in [3.05, 3.63) is 41.3 Å². The lowest BCUT2D eigenvalue weighted by atomic mass is 10.0. The first-order chi connectivity index (χ1) is 15.2. The Labute approximate surface area is 189 Å². The van der Waals surface area contributed by atoms with Crippen molar-refractivity contribution in [1.82, 2.24) is 29.9 Å². The Morgan fingerprint density at radius 1 is 1.22 bits per heavy atom. The molecule has 2 aromatic heterocycles. The van der Waals surface area contributed by atoms with Gasteiger partial charge in [0, 0.05) is 36.9 Å². The van der Waals surface area contributed by atoms with Gasteiger partial charge in [-0.1, -0.05) is 13.0 Å². The van der Waals surface area contributed by atoms with Crippen LogP contribution in [0.4, 0.5) is 10.6 Å². The first-order valence-electron chi connectivity index (χ1n) is 11.4. The molecule has 0 spiro atoms. The van der Waals surface area contributed by atoms with E-state index in [4.69, 9.17) is 0 Å². The van der Waals surface area contributed by atoms with Crippen LogP contribution in [0.5, 0.6) is 0 Å². The Bertz CT molecular complexity index is 987. The van der Waals surface area contributed by atoms with Crippen LogP contribution in [0.25, 0.3) is 0 Å². The predicted octanol–water partition coefficient (Wildman–Crippen LogP) is 3.03. The van der Waals surface area contributed by atoms with Crippen molar-refractivity contribution in [1.29, 1.82) is 0 Å². The highest BCUT2D eigenvalue weighted by atomic mass is 16.2. The molecule has 0 saturated carbocycles. The Kier molecular flexibility index (Phi) is 5.94. The van der Waals surface area contributed by atoms with Gasteiger partial charge in [-0.25, -0.2) is 4.79 Å². The summed E-state index contributed by atoms with van der Waals surface area (Å²) in [6.45, 7) is 13.6. The number of carbonyl (C=O) groups is 2. The lowest BCUT2D eigenvalue weighted by Crippen LogP contribution is -2.61. The number of nitrogens with zero attached hydrogens (tertiary/aromatic N) is 5. The molecule has 1 fully saturated rings. The quantitative estimate of drug-likeness (QED) is 0.763. The number of rotatable bonds is 4. The van der Waals surface area contributed by atoms with Crippen molar-refractivity contribution < 1.29 is 9.59 Å². The smallest absolute Gasteiger partial charge is 0.319 e. The summed E-state index contributed by atoms with van der Waals surface area (Å²) in [4.78, 5) is 36.7. The van der Waals surface area contributed by atoms with Gasteiger partial charge in [-0.15, -0.1) is 0 Å². The normalized spacial score (nSPS) is 22.7. The highest BCUT2D eigenvalue weighted by Gasteiger charge is 2.46. The minimum absolute atomic E-state index is 0.0251. The fourth-order valence-electron chi connectivity index (χ4n) is 4.81. The van der Waals surface area contributed by atoms with Gasteiger partial charge >= 0.3 is 6.03 Å². The molecule has 0 radical (unpaired) electrons. The van der Waals surface area contributed by atoms with E-state index in [-0.39, 0.29) is 18.0 Å². The van der Waals surface area contributed by atoms with Crippen LogP contribution in [-0.4, -0.2) is 73.5 Å². The van der Waals surface area contributed by atoms with E-state index in [0.717, 1.165) is 30.8 Å². The first kappa shape index (κ1) is 22.3. The maximum atomic E-state index is 13.7. The monoisotopic (exact) mass is 439 g/mol. The van der Waals surface area contributed by atoms with E-state index in [1.807, 2.05) is 23.6 Å². The summed E-state index contributed by atoms with van der Waals surface area (Å²) >= 11 is 0. The number of aromatic amines is 1. The summed E-state index contributed by atoms with van der Waals surface area (Å²) in [6.07, 6.45) is 2.69. The van der Waals surface area contributed by atoms with Gasteiger partial charge in [-0.05, 0) is 52.8 Å². The molecule has 2 N–H and O–H groups in total. The molecule has 1 saturated heterocycles. The molecule has 0 bridgehead atoms. The largest absolute Gasteiger partial charge is 0.321 e. The second kappa shape index (κ2) is 8.54. The van der Waals surface area contributed by atoms with Crippen LogP contribution in [0.15, 0.2) is 24.4 Å². The lowest BCUT2D eigenvalue weighted by Gasteiger charge is -2.46. The number of amides is 3. The standard InChI is InChI=1S/C23H33N7O2/c1-6-11-28-12-16(3)29(13-15(28)2)22(32)30-14-17-19(23(30,4)5)26-27-20(17)25-21(31)18-9-7-8-10-24-18/h7-10,15-16H,6,11-14H2,1-5H3,(H2,25,26,27,31). The van der Waals surface area contributed by atoms with Crippen LogP contribution in [0.2, 0.25) is 0 Å². The highest BCUT2D eigenvalue weighted by molar-refractivity contribution is 6.02. The van der Waals surface area contributed by atoms with Crippen molar-refractivity contribution in [2.24, 2.45) is 0 Å². The molecule has 172 valence electrons. The fourth-order valence-corrected chi connectivity index (χ4v) is 4.81. The molecule has 0 aromatic carbocycles. The molecule has 2 atom stereocenters. The summed E-state index contributed by atoms with van der Waals surface area (Å²) in [5.74, 6) is 0.130. The summed E-state index contributed by atoms with van der Waals surface area (Å²) in [7, 11) is 0. The number of pyridine rings is 1. The molecule has 9 heteroatoms. The predicted molar refractivity (Wildman–Crippen MR) is 122 cm³/mol. The Morgan fingerprint density at radius 2 is 2.00 bits per heavy atom. The van der Waals surface area contributed by atoms with E-state index in [1.54, 1.807) is 24.4 Å². The maximum Gasteiger partial charge on any atom is 0.321 e. The minimum Gasteiger partial charge on any atom is -0.319 e. The van der Waals surface area contributed by atoms with E-state index >= 15 is 0 Å². The number of anilines is 1. The minimum atomic E-state index is -0.559. The zero-order chi connectivity index (χ0) is 23.0. The molecular formula is C23H33N7O2. The average Bonchev–Trinajstić information content (AvgIpc) is 3.29. The number of H-pyrrole nitrogens is 1. The third kappa shape index (κ3) is 3.85. The van der Waals surface area contributed by atoms with Gasteiger partial charge in [0.15, 0.2) is 5.82 Å². The molecular weight excluding hydrogens is 406 g/mol. The van der Waals surface area contributed by atoms with Gasteiger partial charge in [0.05, 0.1) is 17.8 Å². The van der Waals surface area contributed by atoms with Crippen molar-refractivity contribution in [3.63, 3.8) is 0 Å². The Hall–Kier alpha value is -2.94. The van der Waals surface area contributed by atoms with Crippen molar-refractivity contribution in [3.8, 4) is 0 Å². The van der Waals surface area contributed by atoms with Crippen molar-refractivity contribution in [2.45, 2.75) is 65.2 Å². The second-order valence-electron chi connectivity index (χ2n) is 9.37. The van der Waals surface area contributed by atoms with Gasteiger partial charge < -0.3 is 15.1 Å². The number of urea groups is 1. The van der Waals surface area contributed by atoms with E-state index in [2.05, 4.69) is 46.2 Å². The molecule has 3 amide bonds. The summed E-state index contributed by atoms with van der Waals surface area (Å²) in [5.41, 5.74) is 1.46. The second-order valence-corrected chi connectivity index (χ2v) is 9.37. The van der Waals surface area contributed by atoms with Crippen LogP contribution in [-0.2, 0) is 12.1 Å². The fraction of sp³-hybridized carbons (Fsp3) is 0.565. The van der Waals surface area contributed by atoms with Gasteiger partial charge in [-0.3, -0.25) is 19.8 Å². The highest BCUT2D eigenvalue weighted by Crippen LogP contribution is 2.41. The van der Waals surface area contributed by atoms with Crippen molar-refractivity contribution in [2.75, 3.05) is 25.0 Å². The summed E-state index contributed by atoms with van der Waals surface area (Å²) in [5, 5.41) is 10.2. The van der Waals surface area contributed by atoms with E-state index < -0.39 is 5.54 Å². The number of carbonyl (C=O) groups excluding carboxylic acids is 2. The maximum absolute atomic E-state index is 13.7. The molecule has 2 aliphatic heterocycles. The number of aromatic nitrogens is 3. The molecule has 32 heavy (non-hydrogen) atoms. The van der Waals surface area contributed by atoms with Gasteiger partial charge in [0.25, 0.3) is 5.91 Å². The van der Waals surface area contributed by atoms with Crippen LogP contribution >= 0.6 is 0 Å². The topological polar surface area (TPSA) is 97.5 Å². The molecule has 0 aliphatic carbocycles. The van der Waals surface area contributed by atoms with Crippen LogP contribution in [0.3, 0.4) is 0 Å². The zero-order valence-electron chi connectivity index (χ0n) is 19.6. The number of fused-ring (bicyclic) bond motifs is 1. The molecule has 2 unspecified atom stereocenters. The van der Waals surface area contributed by atoms with Gasteiger partial charge in [0.2, 0.25) is 0 Å². The number of nitrogens with one attached hydrogen (secondary N) is 2. The van der Waals surface area contributed by atoms with Gasteiger partial charge in [0.1, 0.15) is 5.69 Å². The third-order valence-corrected chi connectivity index (χ3v) is 6.70. The zero-order valence-corrected chi connectivity index (χ0v) is 19.6. The Morgan fingerprint density at radius 3 is 2.69 bits per heavy atom. The molecule has 2 aliphatic rings. The molecule has 9 nitrogen and oxygen atoms in total. The number of hydrogen-bond acceptors (Lipinski definition) is 5. The SMILES string of the molecule is CCCN1CC(C)N(C(=O)N2Cc3c(NC(=O)c4ccccn4)n[nH]c3C2(C)C)CC1C. The summed E-state index contributed by atoms with van der Waals surface area (Å²) in [6, 6.07) is 5.68. The molecule has 4 rings (SSSR count). The van der Waals surface area contributed by atoms with Crippen molar-refractivity contribution >= 4 is 17.8 Å². The molecule has 2 aromatic rings. The average molecular weight is 440 g/mol. The van der Waals surface area contributed by atoms with E-state index in [0.29, 0.717) is 30.6 Å². The Balaban J connectivity index is 1.51. The van der Waals surface area contributed by atoms with E-state index in [1.165, 1.54) is 0 Å². The van der Waals surface area contributed by atoms with Crippen LogP contribution < -0.4 is 5.32 Å². The van der Waals surface area contributed by atoms with Crippen LogP contribution in [0.1, 0.15) is 62.8 Å².